The van der Waals surface area contributed by atoms with Crippen molar-refractivity contribution in [3.05, 3.63) is 22.3 Å². The van der Waals surface area contributed by atoms with Crippen molar-refractivity contribution < 1.29 is 0 Å². The highest BCUT2D eigenvalue weighted by molar-refractivity contribution is 9.10. The molecule has 0 amide bonds. The van der Waals surface area contributed by atoms with Crippen LogP contribution in [0.3, 0.4) is 0 Å². The molecule has 1 saturated carbocycles. The number of anilines is 1. The highest BCUT2D eigenvalue weighted by atomic mass is 79.9. The van der Waals surface area contributed by atoms with Crippen LogP contribution < -0.4 is 5.73 Å². The van der Waals surface area contributed by atoms with Crippen LogP contribution in [0.15, 0.2) is 16.6 Å². The molecule has 0 atom stereocenters. The molecule has 0 aromatic carbocycles. The monoisotopic (exact) mass is 212 g/mol. The van der Waals surface area contributed by atoms with Crippen LogP contribution in [0.1, 0.15) is 24.5 Å². The molecule has 1 fully saturated rings. The van der Waals surface area contributed by atoms with Crippen molar-refractivity contribution in [3.8, 4) is 0 Å². The van der Waals surface area contributed by atoms with E-state index in [1.807, 2.05) is 12.1 Å². The molecule has 0 saturated heterocycles. The van der Waals surface area contributed by atoms with E-state index in [0.717, 1.165) is 10.2 Å². The first-order valence-electron chi connectivity index (χ1n) is 3.69. The van der Waals surface area contributed by atoms with E-state index in [1.165, 1.54) is 12.8 Å². The number of aromatic nitrogens is 1. The molecule has 1 aliphatic rings. The van der Waals surface area contributed by atoms with E-state index in [4.69, 9.17) is 5.73 Å². The van der Waals surface area contributed by atoms with E-state index in [9.17, 15) is 0 Å². The van der Waals surface area contributed by atoms with Crippen molar-refractivity contribution in [2.24, 2.45) is 0 Å². The molecule has 2 nitrogen and oxygen atoms in total. The fourth-order valence-corrected chi connectivity index (χ4v) is 1.30. The van der Waals surface area contributed by atoms with Gasteiger partial charge in [0.1, 0.15) is 5.82 Å². The summed E-state index contributed by atoms with van der Waals surface area (Å²) in [6.07, 6.45) is 2.54. The van der Waals surface area contributed by atoms with Crippen LogP contribution in [-0.4, -0.2) is 4.98 Å². The Morgan fingerprint density at radius 2 is 2.18 bits per heavy atom. The summed E-state index contributed by atoms with van der Waals surface area (Å²) in [4.78, 5) is 4.27. The first-order valence-corrected chi connectivity index (χ1v) is 4.48. The lowest BCUT2D eigenvalue weighted by Crippen LogP contribution is -1.94. The first kappa shape index (κ1) is 7.10. The Balaban J connectivity index is 2.36. The molecule has 58 valence electrons. The zero-order valence-electron chi connectivity index (χ0n) is 6.05. The first-order chi connectivity index (χ1) is 5.27. The highest BCUT2D eigenvalue weighted by Gasteiger charge is 2.24. The van der Waals surface area contributed by atoms with Gasteiger partial charge in [-0.05, 0) is 40.9 Å². The minimum absolute atomic E-state index is 0.606. The van der Waals surface area contributed by atoms with Crippen molar-refractivity contribution in [1.82, 2.24) is 4.98 Å². The van der Waals surface area contributed by atoms with Gasteiger partial charge in [-0.15, -0.1) is 0 Å². The fourth-order valence-electron chi connectivity index (χ4n) is 1.08. The Labute approximate surface area is 73.9 Å². The highest BCUT2D eigenvalue weighted by Crippen LogP contribution is 2.39. The topological polar surface area (TPSA) is 38.9 Å². The third-order valence-corrected chi connectivity index (χ3v) is 2.56. The van der Waals surface area contributed by atoms with Crippen LogP contribution in [0.25, 0.3) is 0 Å². The molecule has 0 spiro atoms. The van der Waals surface area contributed by atoms with Gasteiger partial charge in [0.15, 0.2) is 0 Å². The number of nitrogens with zero attached hydrogens (tertiary/aromatic N) is 1. The molecule has 1 heterocycles. The smallest absolute Gasteiger partial charge is 0.138 e. The lowest BCUT2D eigenvalue weighted by atomic mass is 10.2. The number of nitrogens with two attached hydrogens (primary N) is 1. The standard InChI is InChI=1S/C8H9BrN2/c9-6-3-4-7(5-1-2-5)11-8(6)10/h3-5H,1-2H2,(H2,10,11). The second-order valence-electron chi connectivity index (χ2n) is 2.88. The van der Waals surface area contributed by atoms with Gasteiger partial charge in [0, 0.05) is 11.6 Å². The molecular weight excluding hydrogens is 204 g/mol. The zero-order chi connectivity index (χ0) is 7.84. The number of pyridine rings is 1. The Morgan fingerprint density at radius 3 is 2.73 bits per heavy atom. The van der Waals surface area contributed by atoms with Gasteiger partial charge < -0.3 is 5.73 Å². The summed E-state index contributed by atoms with van der Waals surface area (Å²) in [5, 5.41) is 0. The number of hydrogen-bond acceptors (Lipinski definition) is 2. The Bertz CT molecular complexity index is 281. The van der Waals surface area contributed by atoms with Crippen LogP contribution in [0.4, 0.5) is 5.82 Å². The van der Waals surface area contributed by atoms with Crippen molar-refractivity contribution >= 4 is 21.7 Å². The van der Waals surface area contributed by atoms with Crippen LogP contribution in [0.2, 0.25) is 0 Å². The summed E-state index contributed by atoms with van der Waals surface area (Å²) in [6.45, 7) is 0. The van der Waals surface area contributed by atoms with Crippen molar-refractivity contribution in [1.29, 1.82) is 0 Å². The molecule has 11 heavy (non-hydrogen) atoms. The maximum atomic E-state index is 5.63. The van der Waals surface area contributed by atoms with E-state index in [-0.39, 0.29) is 0 Å². The van der Waals surface area contributed by atoms with E-state index in [1.54, 1.807) is 0 Å². The maximum Gasteiger partial charge on any atom is 0.138 e. The van der Waals surface area contributed by atoms with Crippen LogP contribution in [0, 0.1) is 0 Å². The quantitative estimate of drug-likeness (QED) is 0.777. The maximum absolute atomic E-state index is 5.63. The van der Waals surface area contributed by atoms with Crippen molar-refractivity contribution in [2.45, 2.75) is 18.8 Å². The number of hydrogen-bond donors (Lipinski definition) is 1. The molecule has 1 aromatic rings. The second-order valence-corrected chi connectivity index (χ2v) is 3.73. The van der Waals surface area contributed by atoms with Gasteiger partial charge in [-0.25, -0.2) is 4.98 Å². The van der Waals surface area contributed by atoms with E-state index >= 15 is 0 Å². The molecule has 2 rings (SSSR count). The van der Waals surface area contributed by atoms with E-state index in [2.05, 4.69) is 20.9 Å². The van der Waals surface area contributed by atoms with Gasteiger partial charge in [0.2, 0.25) is 0 Å². The predicted octanol–water partition coefficient (Wildman–Crippen LogP) is 2.30. The summed E-state index contributed by atoms with van der Waals surface area (Å²) in [5.41, 5.74) is 6.77. The van der Waals surface area contributed by atoms with E-state index < -0.39 is 0 Å². The van der Waals surface area contributed by atoms with Gasteiger partial charge in [-0.2, -0.15) is 0 Å². The zero-order valence-corrected chi connectivity index (χ0v) is 7.63. The average Bonchev–Trinajstić information content (AvgIpc) is 2.77. The van der Waals surface area contributed by atoms with Gasteiger partial charge in [0.05, 0.1) is 4.47 Å². The van der Waals surface area contributed by atoms with Crippen LogP contribution >= 0.6 is 15.9 Å². The van der Waals surface area contributed by atoms with Gasteiger partial charge in [0.25, 0.3) is 0 Å². The summed E-state index contributed by atoms with van der Waals surface area (Å²) in [6, 6.07) is 4.01. The third kappa shape index (κ3) is 1.38. The van der Waals surface area contributed by atoms with Crippen LogP contribution in [0.5, 0.6) is 0 Å². The largest absolute Gasteiger partial charge is 0.383 e. The molecule has 1 aliphatic carbocycles. The lowest BCUT2D eigenvalue weighted by molar-refractivity contribution is 1.03. The summed E-state index contributed by atoms with van der Waals surface area (Å²) in [7, 11) is 0. The molecular formula is C8H9BrN2. The molecule has 0 radical (unpaired) electrons. The normalized spacial score (nSPS) is 16.8. The third-order valence-electron chi connectivity index (χ3n) is 1.89. The van der Waals surface area contributed by atoms with Gasteiger partial charge >= 0.3 is 0 Å². The predicted molar refractivity (Wildman–Crippen MR) is 48.3 cm³/mol. The minimum Gasteiger partial charge on any atom is -0.383 e. The average molecular weight is 213 g/mol. The Kier molecular flexibility index (Phi) is 1.60. The molecule has 1 aromatic heterocycles. The second kappa shape index (κ2) is 2.48. The van der Waals surface area contributed by atoms with Crippen molar-refractivity contribution in [3.63, 3.8) is 0 Å². The fraction of sp³-hybridized carbons (Fsp3) is 0.375. The van der Waals surface area contributed by atoms with Crippen molar-refractivity contribution in [2.75, 3.05) is 5.73 Å². The van der Waals surface area contributed by atoms with Crippen LogP contribution in [-0.2, 0) is 0 Å². The molecule has 3 heteroatoms. The number of nitrogen functional groups attached to an aromatic ring is 1. The Morgan fingerprint density at radius 1 is 1.45 bits per heavy atom. The molecule has 2 N–H and O–H groups in total. The molecule has 0 bridgehead atoms. The van der Waals surface area contributed by atoms with Gasteiger partial charge in [-0.1, -0.05) is 0 Å². The van der Waals surface area contributed by atoms with E-state index in [0.29, 0.717) is 11.7 Å². The van der Waals surface area contributed by atoms with Gasteiger partial charge in [-0.3, -0.25) is 0 Å². The SMILES string of the molecule is Nc1nc(C2CC2)ccc1Br. The lowest BCUT2D eigenvalue weighted by Gasteiger charge is -1.99. The number of halogens is 1. The minimum atomic E-state index is 0.606. The number of rotatable bonds is 1. The summed E-state index contributed by atoms with van der Waals surface area (Å²) in [5.74, 6) is 1.29. The molecule has 0 unspecified atom stereocenters. The summed E-state index contributed by atoms with van der Waals surface area (Å²) >= 11 is 3.31. The molecule has 0 aliphatic heterocycles. The Hall–Kier alpha value is -0.570. The summed E-state index contributed by atoms with van der Waals surface area (Å²) < 4.78 is 0.891.